The maximum absolute atomic E-state index is 12.9. The number of halogens is 1. The Kier molecular flexibility index (Phi) is 6.35. The van der Waals surface area contributed by atoms with Crippen LogP contribution in [0.4, 0.5) is 11.4 Å². The molecule has 0 aliphatic carbocycles. The molecule has 1 aliphatic rings. The largest absolute Gasteiger partial charge is 0.322 e. The number of hydrogen-bond donors (Lipinski definition) is 1. The van der Waals surface area contributed by atoms with E-state index in [0.29, 0.717) is 22.0 Å². The molecule has 1 heterocycles. The van der Waals surface area contributed by atoms with Crippen LogP contribution in [0.1, 0.15) is 46.6 Å². The van der Waals surface area contributed by atoms with E-state index in [1.54, 1.807) is 36.0 Å². The zero-order valence-corrected chi connectivity index (χ0v) is 18.9. The number of rotatable bonds is 5. The van der Waals surface area contributed by atoms with Crippen molar-refractivity contribution in [1.29, 1.82) is 0 Å². The molecule has 0 bridgehead atoms. The monoisotopic (exact) mass is 450 g/mol. The van der Waals surface area contributed by atoms with Crippen molar-refractivity contribution in [2.45, 2.75) is 25.1 Å². The van der Waals surface area contributed by atoms with Gasteiger partial charge in [0.05, 0.1) is 16.3 Å². The van der Waals surface area contributed by atoms with Crippen molar-refractivity contribution in [2.75, 3.05) is 16.0 Å². The van der Waals surface area contributed by atoms with Crippen LogP contribution < -0.4 is 10.2 Å². The average molecular weight is 451 g/mol. The number of carbonyl (C=O) groups excluding carboxylic acids is 2. The van der Waals surface area contributed by atoms with Crippen molar-refractivity contribution < 1.29 is 9.59 Å². The zero-order chi connectivity index (χ0) is 22.0. The highest BCUT2D eigenvalue weighted by molar-refractivity contribution is 8.00. The molecule has 1 aliphatic heterocycles. The number of amides is 2. The summed E-state index contributed by atoms with van der Waals surface area (Å²) in [5.74, 6) is 0.464. The summed E-state index contributed by atoms with van der Waals surface area (Å²) in [5.41, 5.74) is 4.02. The van der Waals surface area contributed by atoms with Crippen LogP contribution in [-0.2, 0) is 4.79 Å². The molecule has 0 spiro atoms. The highest BCUT2D eigenvalue weighted by Crippen LogP contribution is 2.46. The Labute approximate surface area is 191 Å². The van der Waals surface area contributed by atoms with Crippen molar-refractivity contribution >= 4 is 46.6 Å². The van der Waals surface area contributed by atoms with Crippen LogP contribution in [-0.4, -0.2) is 17.6 Å². The van der Waals surface area contributed by atoms with E-state index >= 15 is 0 Å². The first-order valence-corrected chi connectivity index (χ1v) is 11.6. The normalized spacial score (nSPS) is 16.1. The topological polar surface area (TPSA) is 49.4 Å². The second kappa shape index (κ2) is 9.16. The van der Waals surface area contributed by atoms with E-state index in [-0.39, 0.29) is 23.1 Å². The molecule has 3 aromatic carbocycles. The maximum atomic E-state index is 12.9. The van der Waals surface area contributed by atoms with Gasteiger partial charge in [0, 0.05) is 16.9 Å². The van der Waals surface area contributed by atoms with Gasteiger partial charge in [0.25, 0.3) is 5.91 Å². The Morgan fingerprint density at radius 2 is 1.71 bits per heavy atom. The Bertz CT molecular complexity index is 1130. The highest BCUT2D eigenvalue weighted by Gasteiger charge is 2.36. The molecular formula is C25H23ClN2O2S. The number of benzene rings is 3. The summed E-state index contributed by atoms with van der Waals surface area (Å²) < 4.78 is 0. The van der Waals surface area contributed by atoms with Crippen molar-refractivity contribution in [3.8, 4) is 0 Å². The van der Waals surface area contributed by atoms with Gasteiger partial charge >= 0.3 is 0 Å². The van der Waals surface area contributed by atoms with Gasteiger partial charge in [-0.2, -0.15) is 0 Å². The van der Waals surface area contributed by atoms with Crippen LogP contribution in [0.15, 0.2) is 72.8 Å². The molecule has 1 N–H and O–H groups in total. The first kappa shape index (κ1) is 21.5. The summed E-state index contributed by atoms with van der Waals surface area (Å²) >= 11 is 7.77. The van der Waals surface area contributed by atoms with E-state index in [1.807, 2.05) is 47.4 Å². The van der Waals surface area contributed by atoms with Crippen molar-refractivity contribution in [3.63, 3.8) is 0 Å². The minimum absolute atomic E-state index is 0.0651. The lowest BCUT2D eigenvalue weighted by atomic mass is 10.00. The van der Waals surface area contributed by atoms with Crippen LogP contribution in [0.25, 0.3) is 0 Å². The second-order valence-corrected chi connectivity index (χ2v) is 9.14. The molecule has 158 valence electrons. The van der Waals surface area contributed by atoms with Crippen LogP contribution in [0, 0.1) is 0 Å². The summed E-state index contributed by atoms with van der Waals surface area (Å²) in [4.78, 5) is 27.7. The molecule has 1 fully saturated rings. The fourth-order valence-electron chi connectivity index (χ4n) is 3.77. The molecule has 0 saturated carbocycles. The third kappa shape index (κ3) is 4.34. The summed E-state index contributed by atoms with van der Waals surface area (Å²) in [6.45, 7) is 4.25. The molecule has 6 heteroatoms. The first-order chi connectivity index (χ1) is 15.0. The number of anilines is 2. The second-order valence-electron chi connectivity index (χ2n) is 7.66. The molecule has 31 heavy (non-hydrogen) atoms. The van der Waals surface area contributed by atoms with Gasteiger partial charge in [-0.3, -0.25) is 14.5 Å². The molecular weight excluding hydrogens is 428 g/mol. The lowest BCUT2D eigenvalue weighted by molar-refractivity contribution is -0.115. The average Bonchev–Trinajstić information content (AvgIpc) is 3.15. The number of nitrogens with one attached hydrogen (secondary N) is 1. The van der Waals surface area contributed by atoms with Crippen LogP contribution in [0.2, 0.25) is 5.02 Å². The van der Waals surface area contributed by atoms with E-state index < -0.39 is 0 Å². The summed E-state index contributed by atoms with van der Waals surface area (Å²) in [7, 11) is 0. The summed E-state index contributed by atoms with van der Waals surface area (Å²) in [6.07, 6.45) is 0. The van der Waals surface area contributed by atoms with E-state index in [9.17, 15) is 9.59 Å². The van der Waals surface area contributed by atoms with Crippen LogP contribution >= 0.6 is 23.4 Å². The molecule has 1 saturated heterocycles. The summed E-state index contributed by atoms with van der Waals surface area (Å²) in [5, 5.41) is 3.17. The molecule has 4 nitrogen and oxygen atoms in total. The Balaban J connectivity index is 1.71. The lowest BCUT2D eigenvalue weighted by Gasteiger charge is -2.29. The van der Waals surface area contributed by atoms with Gasteiger partial charge in [0.1, 0.15) is 5.37 Å². The minimum Gasteiger partial charge on any atom is -0.322 e. The van der Waals surface area contributed by atoms with Gasteiger partial charge in [-0.05, 0) is 35.7 Å². The van der Waals surface area contributed by atoms with E-state index in [0.717, 1.165) is 16.8 Å². The van der Waals surface area contributed by atoms with Crippen LogP contribution in [0.3, 0.4) is 0 Å². The van der Waals surface area contributed by atoms with Gasteiger partial charge < -0.3 is 5.32 Å². The van der Waals surface area contributed by atoms with Crippen molar-refractivity contribution in [2.24, 2.45) is 0 Å². The van der Waals surface area contributed by atoms with Crippen molar-refractivity contribution in [1.82, 2.24) is 0 Å². The first-order valence-electron chi connectivity index (χ1n) is 10.1. The third-order valence-electron chi connectivity index (χ3n) is 5.28. The van der Waals surface area contributed by atoms with Gasteiger partial charge in [-0.1, -0.05) is 74.0 Å². The van der Waals surface area contributed by atoms with E-state index in [4.69, 9.17) is 11.6 Å². The molecule has 0 aromatic heterocycles. The maximum Gasteiger partial charge on any atom is 0.257 e. The SMILES string of the molecule is CC(C)c1ccccc1N1C(=O)CSC1c1ccccc1NC(=O)c1ccccc1Cl. The minimum atomic E-state index is -0.276. The Morgan fingerprint density at radius 1 is 1.03 bits per heavy atom. The number of carbonyl (C=O) groups is 2. The fourth-order valence-corrected chi connectivity index (χ4v) is 5.20. The highest BCUT2D eigenvalue weighted by atomic mass is 35.5. The predicted octanol–water partition coefficient (Wildman–Crippen LogP) is 6.49. The van der Waals surface area contributed by atoms with Gasteiger partial charge in [-0.25, -0.2) is 0 Å². The van der Waals surface area contributed by atoms with Crippen LogP contribution in [0.5, 0.6) is 0 Å². The molecule has 4 rings (SSSR count). The standard InChI is InChI=1S/C25H23ClN2O2S/c1-16(2)17-9-5-8-14-22(17)28-23(29)15-31-25(28)19-11-4-7-13-21(19)27-24(30)18-10-3-6-12-20(18)26/h3-14,16,25H,15H2,1-2H3,(H,27,30). The van der Waals surface area contributed by atoms with Crippen molar-refractivity contribution in [3.05, 3.63) is 94.5 Å². The summed E-state index contributed by atoms with van der Waals surface area (Å²) in [6, 6.07) is 22.6. The zero-order valence-electron chi connectivity index (χ0n) is 17.3. The number of hydrogen-bond acceptors (Lipinski definition) is 3. The van der Waals surface area contributed by atoms with Gasteiger partial charge in [-0.15, -0.1) is 11.8 Å². The number of thioether (sulfide) groups is 1. The molecule has 0 radical (unpaired) electrons. The lowest BCUT2D eigenvalue weighted by Crippen LogP contribution is -2.29. The van der Waals surface area contributed by atoms with E-state index in [2.05, 4.69) is 25.2 Å². The predicted molar refractivity (Wildman–Crippen MR) is 129 cm³/mol. The molecule has 1 unspecified atom stereocenters. The number of nitrogens with zero attached hydrogens (tertiary/aromatic N) is 1. The van der Waals surface area contributed by atoms with Gasteiger partial charge in [0.15, 0.2) is 0 Å². The molecule has 2 amide bonds. The molecule has 1 atom stereocenters. The third-order valence-corrected chi connectivity index (χ3v) is 6.80. The smallest absolute Gasteiger partial charge is 0.257 e. The Hall–Kier alpha value is -2.76. The fraction of sp³-hybridized carbons (Fsp3) is 0.200. The van der Waals surface area contributed by atoms with E-state index in [1.165, 1.54) is 0 Å². The quantitative estimate of drug-likeness (QED) is 0.483. The number of para-hydroxylation sites is 2. The van der Waals surface area contributed by atoms with Gasteiger partial charge in [0.2, 0.25) is 5.91 Å². The molecule has 3 aromatic rings. The Morgan fingerprint density at radius 3 is 2.48 bits per heavy atom.